The van der Waals surface area contributed by atoms with Gasteiger partial charge in [-0.15, -0.1) is 0 Å². The van der Waals surface area contributed by atoms with Crippen LogP contribution in [-0.4, -0.2) is 17.9 Å². The Kier molecular flexibility index (Phi) is 6.87. The van der Waals surface area contributed by atoms with Crippen molar-refractivity contribution in [2.45, 2.75) is 13.8 Å². The van der Waals surface area contributed by atoms with Crippen molar-refractivity contribution in [1.82, 2.24) is 0 Å². The number of ether oxygens (including phenoxy) is 3. The molecule has 0 atom stereocenters. The SMILES string of the molecule is C=CC(=O)Oc1cc(-c2ccc(OC(=O)C(=C)C)cc2)ccc1OC(=O)C(=C)C. The molecule has 0 saturated heterocycles. The fourth-order valence-corrected chi connectivity index (χ4v) is 2.10. The minimum absolute atomic E-state index is 0.0554. The van der Waals surface area contributed by atoms with Gasteiger partial charge in [0.2, 0.25) is 0 Å². The second-order valence-electron chi connectivity index (χ2n) is 6.15. The maximum Gasteiger partial charge on any atom is 0.338 e. The first kappa shape index (κ1) is 21.4. The highest BCUT2D eigenvalue weighted by molar-refractivity contribution is 5.90. The van der Waals surface area contributed by atoms with Crippen LogP contribution in [0.3, 0.4) is 0 Å². The molecule has 0 heterocycles. The van der Waals surface area contributed by atoms with Gasteiger partial charge in [0.15, 0.2) is 11.5 Å². The highest BCUT2D eigenvalue weighted by atomic mass is 16.6. The molecule has 0 aromatic heterocycles. The molecular weight excluding hydrogens is 372 g/mol. The Labute approximate surface area is 168 Å². The molecule has 0 radical (unpaired) electrons. The lowest BCUT2D eigenvalue weighted by atomic mass is 10.0. The predicted octanol–water partition coefficient (Wildman–Crippen LogP) is 4.41. The number of carbonyl (C=O) groups excluding carboxylic acids is 3. The normalized spacial score (nSPS) is 9.86. The maximum atomic E-state index is 11.8. The Morgan fingerprint density at radius 3 is 1.86 bits per heavy atom. The topological polar surface area (TPSA) is 78.9 Å². The minimum atomic E-state index is -0.697. The van der Waals surface area contributed by atoms with Crippen LogP contribution in [0.4, 0.5) is 0 Å². The molecule has 0 saturated carbocycles. The van der Waals surface area contributed by atoms with Gasteiger partial charge in [-0.1, -0.05) is 37.9 Å². The minimum Gasteiger partial charge on any atom is -0.423 e. The van der Waals surface area contributed by atoms with Crippen LogP contribution in [0.15, 0.2) is 79.4 Å². The molecule has 0 bridgehead atoms. The third-order valence-electron chi connectivity index (χ3n) is 3.62. The molecule has 0 N–H and O–H groups in total. The zero-order valence-electron chi connectivity index (χ0n) is 16.2. The van der Waals surface area contributed by atoms with Gasteiger partial charge in [-0.3, -0.25) is 0 Å². The average Bonchev–Trinajstić information content (AvgIpc) is 2.69. The van der Waals surface area contributed by atoms with Gasteiger partial charge in [0.05, 0.1) is 0 Å². The van der Waals surface area contributed by atoms with Crippen LogP contribution in [0.25, 0.3) is 11.1 Å². The summed E-state index contributed by atoms with van der Waals surface area (Å²) in [6, 6.07) is 11.5. The first-order chi connectivity index (χ1) is 13.7. The van der Waals surface area contributed by atoms with Crippen molar-refractivity contribution in [3.8, 4) is 28.4 Å². The summed E-state index contributed by atoms with van der Waals surface area (Å²) in [5.74, 6) is -1.36. The zero-order chi connectivity index (χ0) is 21.6. The van der Waals surface area contributed by atoms with Gasteiger partial charge in [0.25, 0.3) is 0 Å². The summed E-state index contributed by atoms with van der Waals surface area (Å²) in [6.07, 6.45) is 1.00. The number of hydrogen-bond donors (Lipinski definition) is 0. The molecule has 2 aromatic carbocycles. The number of esters is 3. The Hall–Kier alpha value is -3.93. The summed E-state index contributed by atoms with van der Waals surface area (Å²) in [7, 11) is 0. The van der Waals surface area contributed by atoms with E-state index in [1.807, 2.05) is 0 Å². The number of carbonyl (C=O) groups is 3. The third kappa shape index (κ3) is 5.77. The van der Waals surface area contributed by atoms with E-state index in [0.29, 0.717) is 16.9 Å². The van der Waals surface area contributed by atoms with Crippen molar-refractivity contribution in [2.24, 2.45) is 0 Å². The molecule has 0 aliphatic rings. The molecule has 0 spiro atoms. The Bertz CT molecular complexity index is 999. The van der Waals surface area contributed by atoms with Crippen molar-refractivity contribution in [3.63, 3.8) is 0 Å². The van der Waals surface area contributed by atoms with E-state index in [2.05, 4.69) is 19.7 Å². The summed E-state index contributed by atoms with van der Waals surface area (Å²) >= 11 is 0. The molecular formula is C23H20O6. The second kappa shape index (κ2) is 9.32. The highest BCUT2D eigenvalue weighted by Gasteiger charge is 2.15. The van der Waals surface area contributed by atoms with Crippen molar-refractivity contribution < 1.29 is 28.6 Å². The Balaban J connectivity index is 2.34. The van der Waals surface area contributed by atoms with E-state index in [1.54, 1.807) is 43.3 Å². The molecule has 0 aliphatic heterocycles. The number of benzene rings is 2. The first-order valence-corrected chi connectivity index (χ1v) is 8.55. The average molecular weight is 392 g/mol. The Morgan fingerprint density at radius 2 is 1.31 bits per heavy atom. The molecule has 2 aromatic rings. The fraction of sp³-hybridized carbons (Fsp3) is 0.0870. The predicted molar refractivity (Wildman–Crippen MR) is 109 cm³/mol. The monoisotopic (exact) mass is 392 g/mol. The van der Waals surface area contributed by atoms with E-state index < -0.39 is 17.9 Å². The molecule has 148 valence electrons. The van der Waals surface area contributed by atoms with E-state index in [9.17, 15) is 14.4 Å². The molecule has 29 heavy (non-hydrogen) atoms. The number of rotatable bonds is 7. The lowest BCUT2D eigenvalue weighted by Crippen LogP contribution is -2.11. The van der Waals surface area contributed by atoms with Gasteiger partial charge in [-0.05, 0) is 49.2 Å². The molecule has 0 fully saturated rings. The summed E-state index contributed by atoms with van der Waals surface area (Å²) in [5.41, 5.74) is 1.94. The quantitative estimate of drug-likeness (QED) is 0.395. The van der Waals surface area contributed by atoms with Gasteiger partial charge >= 0.3 is 17.9 Å². The zero-order valence-corrected chi connectivity index (χ0v) is 16.2. The van der Waals surface area contributed by atoms with E-state index in [1.165, 1.54) is 13.0 Å². The van der Waals surface area contributed by atoms with Gasteiger partial charge < -0.3 is 14.2 Å². The van der Waals surface area contributed by atoms with Crippen LogP contribution in [0.5, 0.6) is 17.2 Å². The summed E-state index contributed by atoms with van der Waals surface area (Å²) in [4.78, 5) is 35.1. The smallest absolute Gasteiger partial charge is 0.338 e. The van der Waals surface area contributed by atoms with Crippen molar-refractivity contribution >= 4 is 17.9 Å². The van der Waals surface area contributed by atoms with Crippen molar-refractivity contribution in [3.05, 3.63) is 79.4 Å². The molecule has 0 unspecified atom stereocenters. The van der Waals surface area contributed by atoms with Crippen LogP contribution >= 0.6 is 0 Å². The van der Waals surface area contributed by atoms with E-state index in [0.717, 1.165) is 11.6 Å². The van der Waals surface area contributed by atoms with E-state index in [-0.39, 0.29) is 17.1 Å². The second-order valence-corrected chi connectivity index (χ2v) is 6.15. The van der Waals surface area contributed by atoms with Crippen LogP contribution in [0.1, 0.15) is 13.8 Å². The molecule has 6 heteroatoms. The lowest BCUT2D eigenvalue weighted by molar-refractivity contribution is -0.132. The van der Waals surface area contributed by atoms with Gasteiger partial charge in [-0.25, -0.2) is 14.4 Å². The summed E-state index contributed by atoms with van der Waals surface area (Å²) in [5, 5.41) is 0. The van der Waals surface area contributed by atoms with Crippen LogP contribution in [0.2, 0.25) is 0 Å². The molecule has 6 nitrogen and oxygen atoms in total. The van der Waals surface area contributed by atoms with Gasteiger partial charge in [0, 0.05) is 17.2 Å². The van der Waals surface area contributed by atoms with Crippen molar-refractivity contribution in [2.75, 3.05) is 0 Å². The van der Waals surface area contributed by atoms with E-state index in [4.69, 9.17) is 14.2 Å². The molecule has 0 amide bonds. The Morgan fingerprint density at radius 1 is 0.759 bits per heavy atom. The fourth-order valence-electron chi connectivity index (χ4n) is 2.10. The van der Waals surface area contributed by atoms with Crippen LogP contribution in [0, 0.1) is 0 Å². The van der Waals surface area contributed by atoms with Gasteiger partial charge in [0.1, 0.15) is 5.75 Å². The largest absolute Gasteiger partial charge is 0.423 e. The van der Waals surface area contributed by atoms with Crippen LogP contribution < -0.4 is 14.2 Å². The molecule has 2 rings (SSSR count). The lowest BCUT2D eigenvalue weighted by Gasteiger charge is -2.12. The highest BCUT2D eigenvalue weighted by Crippen LogP contribution is 2.34. The van der Waals surface area contributed by atoms with Crippen molar-refractivity contribution in [1.29, 1.82) is 0 Å². The third-order valence-corrected chi connectivity index (χ3v) is 3.62. The summed E-state index contributed by atoms with van der Waals surface area (Å²) in [6.45, 7) is 13.5. The van der Waals surface area contributed by atoms with Crippen LogP contribution in [-0.2, 0) is 14.4 Å². The van der Waals surface area contributed by atoms with Gasteiger partial charge in [-0.2, -0.15) is 0 Å². The van der Waals surface area contributed by atoms with E-state index >= 15 is 0 Å². The standard InChI is InChI=1S/C23H20O6/c1-6-21(24)28-20-13-17(9-12-19(20)29-23(26)15(4)5)16-7-10-18(11-8-16)27-22(25)14(2)3/h6-13H,1-2,4H2,3,5H3. The number of hydrogen-bond acceptors (Lipinski definition) is 6. The maximum absolute atomic E-state index is 11.8. The first-order valence-electron chi connectivity index (χ1n) is 8.55. The molecule has 0 aliphatic carbocycles. The summed E-state index contributed by atoms with van der Waals surface area (Å²) < 4.78 is 15.6.